The number of rotatable bonds is 10. The number of hydrazone groups is 1. The van der Waals surface area contributed by atoms with E-state index in [1.54, 1.807) is 0 Å². The molecule has 1 saturated heterocycles. The van der Waals surface area contributed by atoms with Crippen LogP contribution in [-0.2, 0) is 22.4 Å². The van der Waals surface area contributed by atoms with Crippen LogP contribution in [0.2, 0.25) is 0 Å². The molecule has 0 saturated carbocycles. The fraction of sp³-hybridized carbons (Fsp3) is 0.303. The number of hydrazine groups is 2. The van der Waals surface area contributed by atoms with Crippen molar-refractivity contribution >= 4 is 17.6 Å². The van der Waals surface area contributed by atoms with E-state index >= 15 is 0 Å². The van der Waals surface area contributed by atoms with Gasteiger partial charge in [0.05, 0.1) is 30.5 Å². The Labute approximate surface area is 251 Å². The molecular formula is C33H36N6O4. The third kappa shape index (κ3) is 6.49. The van der Waals surface area contributed by atoms with Crippen LogP contribution in [0.1, 0.15) is 23.9 Å². The number of hydrogen-bond acceptors (Lipinski definition) is 10. The first-order chi connectivity index (χ1) is 21.1. The van der Waals surface area contributed by atoms with E-state index in [2.05, 4.69) is 38.2 Å². The third-order valence-corrected chi connectivity index (χ3v) is 7.79. The van der Waals surface area contributed by atoms with Gasteiger partial charge in [0.1, 0.15) is 11.5 Å². The number of hydrogen-bond donors (Lipinski definition) is 2. The third-order valence-electron chi connectivity index (χ3n) is 7.79. The molecule has 1 aromatic heterocycles. The number of carbonyl (C=O) groups is 1. The van der Waals surface area contributed by atoms with Crippen LogP contribution < -0.4 is 20.8 Å². The lowest BCUT2D eigenvalue weighted by atomic mass is 9.90. The largest absolute Gasteiger partial charge is 0.493 e. The number of carbonyl (C=O) groups excluding carboxylic acids is 1. The van der Waals surface area contributed by atoms with Gasteiger partial charge in [-0.15, -0.1) is 10.6 Å². The minimum absolute atomic E-state index is 0.0701. The summed E-state index contributed by atoms with van der Waals surface area (Å²) in [5, 5.41) is 6.36. The quantitative estimate of drug-likeness (QED) is 0.258. The van der Waals surface area contributed by atoms with E-state index < -0.39 is 0 Å². The highest BCUT2D eigenvalue weighted by molar-refractivity contribution is 5.96. The van der Waals surface area contributed by atoms with Gasteiger partial charge in [-0.3, -0.25) is 4.79 Å². The summed E-state index contributed by atoms with van der Waals surface area (Å²) in [5.41, 5.74) is 9.88. The monoisotopic (exact) mass is 580 g/mol. The second-order valence-corrected chi connectivity index (χ2v) is 10.7. The number of para-hydroxylation sites is 1. The molecule has 2 aliphatic heterocycles. The van der Waals surface area contributed by atoms with Gasteiger partial charge in [0, 0.05) is 25.1 Å². The summed E-state index contributed by atoms with van der Waals surface area (Å²) in [4.78, 5) is 19.8. The van der Waals surface area contributed by atoms with Gasteiger partial charge in [-0.25, -0.2) is 15.5 Å². The molecule has 43 heavy (non-hydrogen) atoms. The van der Waals surface area contributed by atoms with Crippen LogP contribution in [-0.4, -0.2) is 48.1 Å². The number of esters is 1. The molecular weight excluding hydrogens is 544 g/mol. The Hall–Kier alpha value is -4.83. The van der Waals surface area contributed by atoms with Crippen LogP contribution in [0.4, 0.5) is 5.69 Å². The first kappa shape index (κ1) is 28.3. The predicted molar refractivity (Wildman–Crippen MR) is 164 cm³/mol. The van der Waals surface area contributed by atoms with Gasteiger partial charge in [0.25, 0.3) is 0 Å². The van der Waals surface area contributed by atoms with Crippen LogP contribution in [0.5, 0.6) is 5.75 Å². The first-order valence-corrected chi connectivity index (χ1v) is 14.7. The zero-order valence-corrected chi connectivity index (χ0v) is 24.4. The van der Waals surface area contributed by atoms with Crippen LogP contribution in [0.3, 0.4) is 0 Å². The maximum absolute atomic E-state index is 13.0. The van der Waals surface area contributed by atoms with Crippen LogP contribution in [0, 0.1) is 18.8 Å². The number of aryl methyl sites for hydroxylation is 1. The lowest BCUT2D eigenvalue weighted by Crippen LogP contribution is -2.47. The molecule has 4 aromatic rings. The normalized spacial score (nSPS) is 18.0. The molecule has 0 bridgehead atoms. The SMILES string of the molecule is CCOC(=O)[C@H]1CN(C2=NNNN2c2ccccc2)C[C@H]1Cc1ccc(OCCc2nc(-c3ccccc3)oc2C)cc1. The Morgan fingerprint density at radius 1 is 1.00 bits per heavy atom. The Morgan fingerprint density at radius 2 is 1.74 bits per heavy atom. The lowest BCUT2D eigenvalue weighted by molar-refractivity contribution is -0.148. The van der Waals surface area contributed by atoms with Crippen LogP contribution in [0.25, 0.3) is 11.5 Å². The van der Waals surface area contributed by atoms with Gasteiger partial charge in [0.15, 0.2) is 0 Å². The van der Waals surface area contributed by atoms with Gasteiger partial charge in [-0.05, 0) is 68.1 Å². The van der Waals surface area contributed by atoms with E-state index in [-0.39, 0.29) is 17.8 Å². The molecule has 0 radical (unpaired) electrons. The number of benzene rings is 3. The summed E-state index contributed by atoms with van der Waals surface area (Å²) in [7, 11) is 0. The first-order valence-electron chi connectivity index (χ1n) is 14.7. The standard InChI is InChI=1S/C33H36N6O4/c1-3-41-32(40)29-22-38(33-35-36-37-39(33)27-12-8-5-9-13-27)21-26(29)20-24-14-16-28(17-15-24)42-19-18-30-23(2)43-31(34-30)25-10-6-4-7-11-25/h4-17,26,29,36-37H,3,18-22H2,1-2H3/t26-,29+/m1/s1. The molecule has 0 aliphatic carbocycles. The smallest absolute Gasteiger partial charge is 0.311 e. The topological polar surface area (TPSA) is 104 Å². The molecule has 3 aromatic carbocycles. The molecule has 0 spiro atoms. The maximum Gasteiger partial charge on any atom is 0.311 e. The molecule has 0 amide bonds. The number of aromatic nitrogens is 1. The number of nitrogens with zero attached hydrogens (tertiary/aromatic N) is 4. The van der Waals surface area contributed by atoms with Crippen molar-refractivity contribution < 1.29 is 18.7 Å². The average molecular weight is 581 g/mol. The molecule has 2 aliphatic rings. The summed E-state index contributed by atoms with van der Waals surface area (Å²) in [6, 6.07) is 27.9. The Morgan fingerprint density at radius 3 is 2.49 bits per heavy atom. The van der Waals surface area contributed by atoms with Crippen molar-refractivity contribution in [3.05, 3.63) is 102 Å². The van der Waals surface area contributed by atoms with Crippen LogP contribution >= 0.6 is 0 Å². The van der Waals surface area contributed by atoms with Gasteiger partial charge in [0.2, 0.25) is 11.9 Å². The molecule has 2 N–H and O–H groups in total. The molecule has 2 atom stereocenters. The highest BCUT2D eigenvalue weighted by atomic mass is 16.5. The lowest BCUT2D eigenvalue weighted by Gasteiger charge is -2.26. The molecule has 1 fully saturated rings. The molecule has 10 nitrogen and oxygen atoms in total. The Balaban J connectivity index is 1.07. The van der Waals surface area contributed by atoms with Gasteiger partial charge >= 0.3 is 5.97 Å². The zero-order valence-electron chi connectivity index (χ0n) is 24.4. The highest BCUT2D eigenvalue weighted by Crippen LogP contribution is 2.31. The van der Waals surface area contributed by atoms with Crippen molar-refractivity contribution in [2.24, 2.45) is 16.9 Å². The van der Waals surface area contributed by atoms with E-state index in [1.807, 2.05) is 91.7 Å². The van der Waals surface area contributed by atoms with E-state index in [4.69, 9.17) is 13.9 Å². The highest BCUT2D eigenvalue weighted by Gasteiger charge is 2.42. The van der Waals surface area contributed by atoms with E-state index in [9.17, 15) is 4.79 Å². The zero-order chi connectivity index (χ0) is 29.6. The van der Waals surface area contributed by atoms with E-state index in [0.29, 0.717) is 38.6 Å². The van der Waals surface area contributed by atoms with Crippen molar-refractivity contribution in [2.45, 2.75) is 26.7 Å². The number of guanidine groups is 1. The number of oxazole rings is 1. The molecule has 222 valence electrons. The van der Waals surface area contributed by atoms with Crippen LogP contribution in [0.15, 0.2) is 94.4 Å². The predicted octanol–water partition coefficient (Wildman–Crippen LogP) is 4.73. The fourth-order valence-corrected chi connectivity index (χ4v) is 5.61. The van der Waals surface area contributed by atoms with Crippen molar-refractivity contribution in [3.63, 3.8) is 0 Å². The number of anilines is 1. The van der Waals surface area contributed by atoms with Crippen molar-refractivity contribution in [3.8, 4) is 17.2 Å². The number of ether oxygens (including phenoxy) is 2. The average Bonchev–Trinajstić information content (AvgIpc) is 3.78. The summed E-state index contributed by atoms with van der Waals surface area (Å²) in [6.45, 7) is 5.83. The molecule has 3 heterocycles. The summed E-state index contributed by atoms with van der Waals surface area (Å²) >= 11 is 0. The van der Waals surface area contributed by atoms with Crippen molar-refractivity contribution in [2.75, 3.05) is 31.3 Å². The summed E-state index contributed by atoms with van der Waals surface area (Å²) in [6.07, 6.45) is 1.39. The number of nitrogens with one attached hydrogen (secondary N) is 2. The van der Waals surface area contributed by atoms with Crippen molar-refractivity contribution in [1.29, 1.82) is 0 Å². The van der Waals surface area contributed by atoms with Crippen molar-refractivity contribution in [1.82, 2.24) is 21.0 Å². The second-order valence-electron chi connectivity index (χ2n) is 10.7. The van der Waals surface area contributed by atoms with Gasteiger partial charge in [-0.1, -0.05) is 48.5 Å². The van der Waals surface area contributed by atoms with E-state index in [0.717, 1.165) is 46.4 Å². The second kappa shape index (κ2) is 13.0. The van der Waals surface area contributed by atoms with E-state index in [1.165, 1.54) is 0 Å². The number of likely N-dealkylation sites (tertiary alicyclic amines) is 1. The summed E-state index contributed by atoms with van der Waals surface area (Å²) in [5.74, 6) is 2.60. The maximum atomic E-state index is 13.0. The molecule has 0 unspecified atom stereocenters. The molecule has 6 rings (SSSR count). The van der Waals surface area contributed by atoms with Gasteiger partial charge < -0.3 is 18.8 Å². The summed E-state index contributed by atoms with van der Waals surface area (Å²) < 4.78 is 17.4. The molecule has 10 heteroatoms. The van der Waals surface area contributed by atoms with Gasteiger partial charge in [-0.2, -0.15) is 0 Å². The Kier molecular flexibility index (Phi) is 8.55. The Bertz CT molecular complexity index is 1540. The fourth-order valence-electron chi connectivity index (χ4n) is 5.61. The minimum atomic E-state index is -0.261. The minimum Gasteiger partial charge on any atom is -0.493 e.